The molecular weight excluding hydrogens is 291 g/mol. The molecule has 0 amide bonds. The number of likely N-dealkylation sites (N-methyl/N-ethyl adjacent to an activating group) is 1. The molecule has 19 heavy (non-hydrogen) atoms. The van der Waals surface area contributed by atoms with Crippen molar-refractivity contribution in [3.8, 4) is 0 Å². The Labute approximate surface area is 110 Å². The molecule has 0 radical (unpaired) electrons. The highest BCUT2D eigenvalue weighted by molar-refractivity contribution is 6.32. The fourth-order valence-corrected chi connectivity index (χ4v) is 1.63. The molecule has 10 heteroatoms. The second kappa shape index (κ2) is 5.57. The van der Waals surface area contributed by atoms with Crippen LogP contribution in [0.4, 0.5) is 24.5 Å². The summed E-state index contributed by atoms with van der Waals surface area (Å²) in [5.41, 5.74) is -2.42. The van der Waals surface area contributed by atoms with E-state index in [1.165, 1.54) is 7.05 Å². The van der Waals surface area contributed by atoms with Crippen molar-refractivity contribution in [3.63, 3.8) is 0 Å². The molecule has 1 heterocycles. The van der Waals surface area contributed by atoms with Gasteiger partial charge in [0, 0.05) is 13.6 Å². The van der Waals surface area contributed by atoms with E-state index in [0.29, 0.717) is 6.07 Å². The van der Waals surface area contributed by atoms with Gasteiger partial charge in [0.25, 0.3) is 0 Å². The number of nitrogens with zero attached hydrogens (tertiary/aromatic N) is 3. The summed E-state index contributed by atoms with van der Waals surface area (Å²) >= 11 is 5.44. The molecule has 106 valence electrons. The molecule has 0 saturated carbocycles. The molecule has 0 aliphatic carbocycles. The van der Waals surface area contributed by atoms with Crippen LogP contribution in [0.3, 0.4) is 0 Å². The van der Waals surface area contributed by atoms with Gasteiger partial charge in [-0.1, -0.05) is 11.6 Å². The lowest BCUT2D eigenvalue weighted by Crippen LogP contribution is -2.23. The smallest absolute Gasteiger partial charge is 0.395 e. The van der Waals surface area contributed by atoms with Crippen molar-refractivity contribution in [1.29, 1.82) is 0 Å². The van der Waals surface area contributed by atoms with Crippen LogP contribution in [0, 0.1) is 10.1 Å². The van der Waals surface area contributed by atoms with E-state index in [-0.39, 0.29) is 18.8 Å². The SMILES string of the molecule is CN(CCO)c1cc(C(F)(F)F)nc(Cl)c1[N+](=O)[O-]. The number of nitro groups is 1. The van der Waals surface area contributed by atoms with Gasteiger partial charge in [-0.15, -0.1) is 0 Å². The summed E-state index contributed by atoms with van der Waals surface area (Å²) in [7, 11) is 1.30. The maximum absolute atomic E-state index is 12.6. The van der Waals surface area contributed by atoms with E-state index in [2.05, 4.69) is 4.98 Å². The van der Waals surface area contributed by atoms with Crippen LogP contribution < -0.4 is 4.90 Å². The predicted octanol–water partition coefficient (Wildman–Crippen LogP) is 2.09. The van der Waals surface area contributed by atoms with Crippen molar-refractivity contribution in [2.75, 3.05) is 25.1 Å². The predicted molar refractivity (Wildman–Crippen MR) is 61.3 cm³/mol. The second-order valence-corrected chi connectivity index (χ2v) is 3.92. The van der Waals surface area contributed by atoms with Crippen LogP contribution in [0.1, 0.15) is 5.69 Å². The number of rotatable bonds is 4. The lowest BCUT2D eigenvalue weighted by atomic mass is 10.2. The molecule has 0 saturated heterocycles. The number of anilines is 1. The van der Waals surface area contributed by atoms with Crippen LogP contribution in [-0.2, 0) is 6.18 Å². The van der Waals surface area contributed by atoms with E-state index < -0.39 is 27.6 Å². The van der Waals surface area contributed by atoms with Gasteiger partial charge in [-0.2, -0.15) is 13.2 Å². The summed E-state index contributed by atoms with van der Waals surface area (Å²) in [6, 6.07) is 0.527. The Bertz CT molecular complexity index is 496. The molecule has 1 aromatic heterocycles. The summed E-state index contributed by atoms with van der Waals surface area (Å²) < 4.78 is 37.7. The first-order chi connectivity index (χ1) is 8.68. The van der Waals surface area contributed by atoms with Crippen molar-refractivity contribution >= 4 is 23.0 Å². The zero-order chi connectivity index (χ0) is 14.8. The van der Waals surface area contributed by atoms with Gasteiger partial charge in [0.05, 0.1) is 11.5 Å². The Morgan fingerprint density at radius 1 is 1.58 bits per heavy atom. The minimum Gasteiger partial charge on any atom is -0.395 e. The van der Waals surface area contributed by atoms with Gasteiger partial charge in [0.1, 0.15) is 11.4 Å². The van der Waals surface area contributed by atoms with E-state index in [4.69, 9.17) is 16.7 Å². The lowest BCUT2D eigenvalue weighted by Gasteiger charge is -2.19. The molecule has 1 aromatic rings. The number of alkyl halides is 3. The average Bonchev–Trinajstić information content (AvgIpc) is 2.26. The normalized spacial score (nSPS) is 11.5. The van der Waals surface area contributed by atoms with Gasteiger partial charge in [0.15, 0.2) is 0 Å². The van der Waals surface area contributed by atoms with Crippen LogP contribution in [0.25, 0.3) is 0 Å². The van der Waals surface area contributed by atoms with Gasteiger partial charge in [-0.25, -0.2) is 4.98 Å². The van der Waals surface area contributed by atoms with Crippen LogP contribution in [0.5, 0.6) is 0 Å². The van der Waals surface area contributed by atoms with Crippen molar-refractivity contribution in [1.82, 2.24) is 4.98 Å². The first kappa shape index (κ1) is 15.4. The molecule has 0 aliphatic heterocycles. The largest absolute Gasteiger partial charge is 0.433 e. The van der Waals surface area contributed by atoms with Crippen LogP contribution in [0.2, 0.25) is 5.15 Å². The van der Waals surface area contributed by atoms with Crippen LogP contribution in [-0.4, -0.2) is 35.2 Å². The molecule has 1 rings (SSSR count). The highest BCUT2D eigenvalue weighted by atomic mass is 35.5. The Morgan fingerprint density at radius 3 is 2.58 bits per heavy atom. The molecule has 0 aliphatic rings. The Hall–Kier alpha value is -1.61. The summed E-state index contributed by atoms with van der Waals surface area (Å²) in [6.45, 7) is -0.465. The van der Waals surface area contributed by atoms with E-state index in [1.807, 2.05) is 0 Å². The Kier molecular flexibility index (Phi) is 4.53. The zero-order valence-electron chi connectivity index (χ0n) is 9.61. The number of aliphatic hydroxyl groups is 1. The summed E-state index contributed by atoms with van der Waals surface area (Å²) in [4.78, 5) is 14.0. The molecule has 1 N–H and O–H groups in total. The van der Waals surface area contributed by atoms with E-state index in [9.17, 15) is 23.3 Å². The van der Waals surface area contributed by atoms with E-state index in [1.54, 1.807) is 0 Å². The minimum absolute atomic E-state index is 0.0848. The van der Waals surface area contributed by atoms with Crippen LogP contribution >= 0.6 is 11.6 Å². The zero-order valence-corrected chi connectivity index (χ0v) is 10.4. The number of hydrogen-bond acceptors (Lipinski definition) is 5. The number of halogens is 4. The number of hydrogen-bond donors (Lipinski definition) is 1. The van der Waals surface area contributed by atoms with Gasteiger partial charge < -0.3 is 10.0 Å². The highest BCUT2D eigenvalue weighted by Crippen LogP contribution is 2.38. The standard InChI is InChI=1S/C9H9ClF3N3O3/c1-15(2-3-17)5-4-6(9(11,12)13)14-8(10)7(5)16(18)19/h4,17H,2-3H2,1H3. The fourth-order valence-electron chi connectivity index (χ4n) is 1.37. The van der Waals surface area contributed by atoms with E-state index >= 15 is 0 Å². The maximum Gasteiger partial charge on any atom is 0.433 e. The third kappa shape index (κ3) is 3.44. The fraction of sp³-hybridized carbons (Fsp3) is 0.444. The molecule has 0 unspecified atom stereocenters. The van der Waals surface area contributed by atoms with Crippen molar-refractivity contribution < 1.29 is 23.2 Å². The lowest BCUT2D eigenvalue weighted by molar-refractivity contribution is -0.384. The summed E-state index contributed by atoms with van der Waals surface area (Å²) in [6.07, 6.45) is -4.77. The van der Waals surface area contributed by atoms with Crippen molar-refractivity contribution in [2.24, 2.45) is 0 Å². The number of aliphatic hydroxyl groups excluding tert-OH is 1. The Morgan fingerprint density at radius 2 is 2.16 bits per heavy atom. The third-order valence-electron chi connectivity index (χ3n) is 2.25. The highest BCUT2D eigenvalue weighted by Gasteiger charge is 2.36. The summed E-state index contributed by atoms with van der Waals surface area (Å²) in [5.74, 6) is 0. The average molecular weight is 300 g/mol. The van der Waals surface area contributed by atoms with Crippen molar-refractivity contribution in [3.05, 3.63) is 27.0 Å². The molecular formula is C9H9ClF3N3O3. The second-order valence-electron chi connectivity index (χ2n) is 3.57. The number of aromatic nitrogens is 1. The third-order valence-corrected chi connectivity index (χ3v) is 2.51. The van der Waals surface area contributed by atoms with Crippen molar-refractivity contribution in [2.45, 2.75) is 6.18 Å². The molecule has 0 fully saturated rings. The molecule has 6 nitrogen and oxygen atoms in total. The molecule has 0 aromatic carbocycles. The van der Waals surface area contributed by atoms with Gasteiger partial charge >= 0.3 is 11.9 Å². The molecule has 0 atom stereocenters. The number of pyridine rings is 1. The molecule has 0 bridgehead atoms. The van der Waals surface area contributed by atoms with Gasteiger partial charge in [-0.3, -0.25) is 10.1 Å². The first-order valence-electron chi connectivity index (χ1n) is 4.92. The first-order valence-corrected chi connectivity index (χ1v) is 5.30. The summed E-state index contributed by atoms with van der Waals surface area (Å²) in [5, 5.41) is 18.7. The van der Waals surface area contributed by atoms with E-state index in [0.717, 1.165) is 4.90 Å². The molecule has 0 spiro atoms. The monoisotopic (exact) mass is 299 g/mol. The van der Waals surface area contributed by atoms with Gasteiger partial charge in [0.2, 0.25) is 5.15 Å². The van der Waals surface area contributed by atoms with Crippen LogP contribution in [0.15, 0.2) is 6.07 Å². The maximum atomic E-state index is 12.6. The minimum atomic E-state index is -4.77. The quantitative estimate of drug-likeness (QED) is 0.523. The Balaban J connectivity index is 3.46. The van der Waals surface area contributed by atoms with Gasteiger partial charge in [-0.05, 0) is 6.07 Å². The topological polar surface area (TPSA) is 79.5 Å².